The molecule has 0 bridgehead atoms. The Balaban J connectivity index is 2.20. The van der Waals surface area contributed by atoms with E-state index in [1.54, 1.807) is 6.92 Å². The Morgan fingerprint density at radius 1 is 1.33 bits per heavy atom. The Kier molecular flexibility index (Phi) is 2.73. The molecular formula is C12H15NO2. The molecule has 0 fully saturated rings. The van der Waals surface area contributed by atoms with Crippen LogP contribution in [0.15, 0.2) is 35.5 Å². The van der Waals surface area contributed by atoms with Crippen molar-refractivity contribution in [3.63, 3.8) is 0 Å². The van der Waals surface area contributed by atoms with Crippen molar-refractivity contribution in [2.45, 2.75) is 26.1 Å². The van der Waals surface area contributed by atoms with Gasteiger partial charge in [0.05, 0.1) is 11.8 Å². The molecule has 0 unspecified atom stereocenters. The minimum absolute atomic E-state index is 0.132. The zero-order chi connectivity index (χ0) is 10.8. The molecule has 0 radical (unpaired) electrons. The summed E-state index contributed by atoms with van der Waals surface area (Å²) in [6.07, 6.45) is -0.717. The molecule has 80 valence electrons. The van der Waals surface area contributed by atoms with Gasteiger partial charge in [0.1, 0.15) is 0 Å². The zero-order valence-corrected chi connectivity index (χ0v) is 8.92. The van der Waals surface area contributed by atoms with Crippen LogP contribution in [0, 0.1) is 5.92 Å². The van der Waals surface area contributed by atoms with E-state index in [1.807, 2.05) is 37.3 Å². The second-order valence-electron chi connectivity index (χ2n) is 3.94. The molecule has 1 aromatic rings. The minimum atomic E-state index is -0.495. The van der Waals surface area contributed by atoms with Gasteiger partial charge in [0.25, 0.3) is 0 Å². The van der Waals surface area contributed by atoms with Crippen LogP contribution in [0.5, 0.6) is 0 Å². The van der Waals surface area contributed by atoms with Gasteiger partial charge in [-0.25, -0.2) is 0 Å². The van der Waals surface area contributed by atoms with Gasteiger partial charge in [0, 0.05) is 5.92 Å². The summed E-state index contributed by atoms with van der Waals surface area (Å²) in [7, 11) is 0. The van der Waals surface area contributed by atoms with E-state index in [-0.39, 0.29) is 12.0 Å². The predicted octanol–water partition coefficient (Wildman–Crippen LogP) is 1.81. The lowest BCUT2D eigenvalue weighted by atomic mass is 9.92. The lowest BCUT2D eigenvalue weighted by molar-refractivity contribution is -0.0242. The number of aliphatic hydroxyl groups excluding tert-OH is 1. The molecule has 1 N–H and O–H groups in total. The highest BCUT2D eigenvalue weighted by atomic mass is 16.7. The second-order valence-corrected chi connectivity index (χ2v) is 3.94. The number of rotatable bonds is 2. The number of aliphatic hydroxyl groups is 1. The number of hydrogen-bond acceptors (Lipinski definition) is 3. The van der Waals surface area contributed by atoms with Gasteiger partial charge in [-0.15, -0.1) is 0 Å². The number of benzene rings is 1. The van der Waals surface area contributed by atoms with E-state index >= 15 is 0 Å². The van der Waals surface area contributed by atoms with Crippen LogP contribution in [0.2, 0.25) is 0 Å². The van der Waals surface area contributed by atoms with Gasteiger partial charge < -0.3 is 9.94 Å². The molecule has 0 spiro atoms. The fourth-order valence-corrected chi connectivity index (χ4v) is 1.88. The van der Waals surface area contributed by atoms with Crippen molar-refractivity contribution in [1.29, 1.82) is 0 Å². The maximum Gasteiger partial charge on any atom is 0.161 e. The van der Waals surface area contributed by atoms with Gasteiger partial charge in [-0.3, -0.25) is 0 Å². The van der Waals surface area contributed by atoms with E-state index in [2.05, 4.69) is 5.16 Å². The lowest BCUT2D eigenvalue weighted by Gasteiger charge is -2.16. The summed E-state index contributed by atoms with van der Waals surface area (Å²) in [4.78, 5) is 5.23. The zero-order valence-electron chi connectivity index (χ0n) is 8.92. The summed E-state index contributed by atoms with van der Waals surface area (Å²) >= 11 is 0. The Labute approximate surface area is 89.4 Å². The molecule has 3 atom stereocenters. The van der Waals surface area contributed by atoms with Crippen LogP contribution < -0.4 is 0 Å². The summed E-state index contributed by atoms with van der Waals surface area (Å²) in [5, 5.41) is 13.5. The quantitative estimate of drug-likeness (QED) is 0.800. The van der Waals surface area contributed by atoms with Crippen molar-refractivity contribution in [3.05, 3.63) is 35.9 Å². The monoisotopic (exact) mass is 205 g/mol. The molecule has 1 aromatic carbocycles. The topological polar surface area (TPSA) is 41.8 Å². The summed E-state index contributed by atoms with van der Waals surface area (Å²) in [6, 6.07) is 9.92. The number of oxime groups is 1. The summed E-state index contributed by atoms with van der Waals surface area (Å²) < 4.78 is 0. The molecule has 0 amide bonds. The molecule has 2 rings (SSSR count). The average molecular weight is 205 g/mol. The average Bonchev–Trinajstić information content (AvgIpc) is 2.61. The Hall–Kier alpha value is -1.35. The molecule has 3 heteroatoms. The van der Waals surface area contributed by atoms with Crippen LogP contribution in [0.4, 0.5) is 0 Å². The molecule has 0 saturated heterocycles. The van der Waals surface area contributed by atoms with Crippen LogP contribution in [-0.2, 0) is 4.84 Å². The first-order valence-electron chi connectivity index (χ1n) is 5.17. The van der Waals surface area contributed by atoms with Crippen molar-refractivity contribution in [2.24, 2.45) is 11.1 Å². The highest BCUT2D eigenvalue weighted by Gasteiger charge is 2.34. The van der Waals surface area contributed by atoms with Crippen LogP contribution >= 0.6 is 0 Å². The van der Waals surface area contributed by atoms with Crippen molar-refractivity contribution in [2.75, 3.05) is 0 Å². The first-order chi connectivity index (χ1) is 7.20. The van der Waals surface area contributed by atoms with Crippen LogP contribution in [0.3, 0.4) is 0 Å². The fraction of sp³-hybridized carbons (Fsp3) is 0.417. The van der Waals surface area contributed by atoms with Crippen LogP contribution in [0.1, 0.15) is 19.4 Å². The highest BCUT2D eigenvalue weighted by molar-refractivity contribution is 6.02. The van der Waals surface area contributed by atoms with E-state index in [4.69, 9.17) is 4.84 Å². The molecule has 1 heterocycles. The molecule has 3 nitrogen and oxygen atoms in total. The third kappa shape index (κ3) is 1.88. The third-order valence-corrected chi connectivity index (χ3v) is 2.74. The molecular weight excluding hydrogens is 190 g/mol. The predicted molar refractivity (Wildman–Crippen MR) is 58.7 cm³/mol. The van der Waals surface area contributed by atoms with Gasteiger partial charge in [0.2, 0.25) is 0 Å². The molecule has 0 aliphatic carbocycles. The summed E-state index contributed by atoms with van der Waals surface area (Å²) in [6.45, 7) is 3.75. The largest absolute Gasteiger partial charge is 0.389 e. The SMILES string of the molecule is C[C@@H]1C(c2ccccc2)=NO[C@@H]1[C@@H](C)O. The van der Waals surface area contributed by atoms with Gasteiger partial charge in [-0.1, -0.05) is 42.4 Å². The number of nitrogens with zero attached hydrogens (tertiary/aromatic N) is 1. The Bertz CT molecular complexity index is 359. The molecule has 1 aliphatic heterocycles. The first kappa shape index (κ1) is 10.2. The Morgan fingerprint density at radius 3 is 2.53 bits per heavy atom. The van der Waals surface area contributed by atoms with E-state index in [0.29, 0.717) is 0 Å². The normalized spacial score (nSPS) is 27.0. The van der Waals surface area contributed by atoms with Gasteiger partial charge in [0.15, 0.2) is 6.10 Å². The fourth-order valence-electron chi connectivity index (χ4n) is 1.88. The van der Waals surface area contributed by atoms with Crippen molar-refractivity contribution in [3.8, 4) is 0 Å². The summed E-state index contributed by atoms with van der Waals surface area (Å²) in [5.41, 5.74) is 1.98. The second kappa shape index (κ2) is 4.03. The molecule has 0 saturated carbocycles. The van der Waals surface area contributed by atoms with Gasteiger partial charge in [-0.05, 0) is 12.5 Å². The maximum absolute atomic E-state index is 9.49. The number of hydrogen-bond donors (Lipinski definition) is 1. The standard InChI is InChI=1S/C12H15NO2/c1-8-11(10-6-4-3-5-7-10)13-15-12(8)9(2)14/h3-9,12,14H,1-2H3/t8-,9-,12+/m1/s1. The minimum Gasteiger partial charge on any atom is -0.389 e. The van der Waals surface area contributed by atoms with E-state index in [0.717, 1.165) is 11.3 Å². The van der Waals surface area contributed by atoms with Gasteiger partial charge >= 0.3 is 0 Å². The van der Waals surface area contributed by atoms with Crippen molar-refractivity contribution in [1.82, 2.24) is 0 Å². The molecule has 15 heavy (non-hydrogen) atoms. The third-order valence-electron chi connectivity index (χ3n) is 2.74. The summed E-state index contributed by atoms with van der Waals surface area (Å²) in [5.74, 6) is 0.132. The van der Waals surface area contributed by atoms with Crippen molar-refractivity contribution < 1.29 is 9.94 Å². The smallest absolute Gasteiger partial charge is 0.161 e. The Morgan fingerprint density at radius 2 is 2.00 bits per heavy atom. The van der Waals surface area contributed by atoms with E-state index < -0.39 is 6.10 Å². The van der Waals surface area contributed by atoms with E-state index in [9.17, 15) is 5.11 Å². The maximum atomic E-state index is 9.49. The van der Waals surface area contributed by atoms with Crippen LogP contribution in [-0.4, -0.2) is 23.0 Å². The van der Waals surface area contributed by atoms with Gasteiger partial charge in [-0.2, -0.15) is 0 Å². The highest BCUT2D eigenvalue weighted by Crippen LogP contribution is 2.24. The van der Waals surface area contributed by atoms with Crippen LogP contribution in [0.25, 0.3) is 0 Å². The molecule has 1 aliphatic rings. The van der Waals surface area contributed by atoms with E-state index in [1.165, 1.54) is 0 Å². The first-order valence-corrected chi connectivity index (χ1v) is 5.17. The van der Waals surface area contributed by atoms with Crippen molar-refractivity contribution >= 4 is 5.71 Å². The lowest BCUT2D eigenvalue weighted by Crippen LogP contribution is -2.31. The molecule has 0 aromatic heterocycles.